The van der Waals surface area contributed by atoms with Gasteiger partial charge < -0.3 is 0 Å². The van der Waals surface area contributed by atoms with E-state index < -0.39 is 0 Å². The molecule has 2 heteroatoms. The van der Waals surface area contributed by atoms with Gasteiger partial charge in [0.15, 0.2) is 0 Å². The number of nitrogens with zero attached hydrogens (tertiary/aromatic N) is 1. The molecule has 4 atom stereocenters. The number of hydrogen-bond acceptors (Lipinski definition) is 2. The highest BCUT2D eigenvalue weighted by Crippen LogP contribution is 2.45. The maximum absolute atomic E-state index is 12.7. The predicted octanol–water partition coefficient (Wildman–Crippen LogP) is 8.04. The summed E-state index contributed by atoms with van der Waals surface area (Å²) < 4.78 is 0. The van der Waals surface area contributed by atoms with Crippen molar-refractivity contribution >= 4 is 12.0 Å². The van der Waals surface area contributed by atoms with Crippen LogP contribution in [0.1, 0.15) is 80.9 Å². The Morgan fingerprint density at radius 2 is 1.80 bits per heavy atom. The maximum atomic E-state index is 12.7. The van der Waals surface area contributed by atoms with E-state index in [2.05, 4.69) is 61.7 Å². The average Bonchev–Trinajstić information content (AvgIpc) is 3.07. The zero-order valence-corrected chi connectivity index (χ0v) is 21.2. The number of hydrogen-bond donors (Lipinski definition) is 0. The quantitative estimate of drug-likeness (QED) is 0.407. The van der Waals surface area contributed by atoms with E-state index in [0.717, 1.165) is 12.8 Å². The van der Waals surface area contributed by atoms with Crippen molar-refractivity contribution in [1.29, 1.82) is 0 Å². The zero-order valence-electron chi connectivity index (χ0n) is 21.2. The van der Waals surface area contributed by atoms with E-state index in [9.17, 15) is 4.79 Å². The van der Waals surface area contributed by atoms with Crippen LogP contribution in [0.5, 0.6) is 0 Å². The molecule has 1 fully saturated rings. The van der Waals surface area contributed by atoms with Crippen LogP contribution in [0.2, 0.25) is 0 Å². The van der Waals surface area contributed by atoms with Crippen LogP contribution in [0, 0.1) is 17.8 Å². The third-order valence-electron chi connectivity index (χ3n) is 8.45. The van der Waals surface area contributed by atoms with Crippen molar-refractivity contribution < 1.29 is 4.79 Å². The highest BCUT2D eigenvalue weighted by Gasteiger charge is 2.32. The van der Waals surface area contributed by atoms with E-state index in [1.54, 1.807) is 0 Å². The lowest BCUT2D eigenvalue weighted by Crippen LogP contribution is -2.20. The fraction of sp³-hybridized carbons (Fsp3) is 0.455. The largest absolute Gasteiger partial charge is 0.299 e. The Kier molecular flexibility index (Phi) is 7.76. The second-order valence-electron chi connectivity index (χ2n) is 11.0. The molecule has 4 unspecified atom stereocenters. The van der Waals surface area contributed by atoms with Gasteiger partial charge in [0.1, 0.15) is 5.78 Å². The number of benzene rings is 2. The van der Waals surface area contributed by atoms with Crippen LogP contribution < -0.4 is 0 Å². The van der Waals surface area contributed by atoms with Gasteiger partial charge in [-0.1, -0.05) is 80.1 Å². The van der Waals surface area contributed by atoms with Crippen molar-refractivity contribution in [3.63, 3.8) is 0 Å². The molecule has 1 heterocycles. The number of carbonyl (C=O) groups is 1. The molecule has 0 saturated heterocycles. The van der Waals surface area contributed by atoms with Crippen molar-refractivity contribution in [1.82, 2.24) is 0 Å². The Hall–Kier alpha value is -2.74. The van der Waals surface area contributed by atoms with Gasteiger partial charge in [0, 0.05) is 30.7 Å². The standard InChI is InChI=1S/C33H39NO/c1-24-19-20-34-33(32-16-6-5-15-31(24)32)29-14-8-13-28(23-29)27-12-7-11-26(21-27)22-30(35)18-17-25-9-3-2-4-10-25/h2-4,6-7,9-12,16,20-21,24,28-29,31H,5,8,13-15,17-19,22-23H2,1H3. The van der Waals surface area contributed by atoms with Gasteiger partial charge >= 0.3 is 0 Å². The summed E-state index contributed by atoms with van der Waals surface area (Å²) in [5.41, 5.74) is 6.73. The van der Waals surface area contributed by atoms with E-state index in [0.29, 0.717) is 42.3 Å². The molecule has 0 aromatic heterocycles. The van der Waals surface area contributed by atoms with Crippen LogP contribution in [0.25, 0.3) is 0 Å². The number of aliphatic imine (C=N–C) groups is 1. The van der Waals surface area contributed by atoms with E-state index in [-0.39, 0.29) is 0 Å². The highest BCUT2D eigenvalue weighted by atomic mass is 16.1. The lowest BCUT2D eigenvalue weighted by Gasteiger charge is -2.33. The molecular formula is C33H39NO. The number of ketones is 1. The van der Waals surface area contributed by atoms with Crippen LogP contribution in [0.3, 0.4) is 0 Å². The number of fused-ring (bicyclic) bond motifs is 1. The van der Waals surface area contributed by atoms with Gasteiger partial charge in [-0.2, -0.15) is 0 Å². The topological polar surface area (TPSA) is 29.4 Å². The first-order chi connectivity index (χ1) is 17.2. The Morgan fingerprint density at radius 1 is 0.971 bits per heavy atom. The minimum atomic E-state index is 0.330. The third kappa shape index (κ3) is 5.92. The summed E-state index contributed by atoms with van der Waals surface area (Å²) in [6.45, 7) is 2.40. The van der Waals surface area contributed by atoms with Crippen LogP contribution in [-0.2, 0) is 17.6 Å². The zero-order chi connectivity index (χ0) is 24.0. The molecule has 3 aliphatic rings. The first-order valence-electron chi connectivity index (χ1n) is 13.7. The normalized spacial score (nSPS) is 26.3. The summed E-state index contributed by atoms with van der Waals surface area (Å²) in [6.07, 6.45) is 17.4. The lowest BCUT2D eigenvalue weighted by molar-refractivity contribution is -0.118. The monoisotopic (exact) mass is 465 g/mol. The van der Waals surface area contributed by atoms with E-state index in [1.165, 1.54) is 66.5 Å². The summed E-state index contributed by atoms with van der Waals surface area (Å²) >= 11 is 0. The molecule has 2 aromatic carbocycles. The van der Waals surface area contributed by atoms with Gasteiger partial charge in [-0.05, 0) is 85.0 Å². The fourth-order valence-electron chi connectivity index (χ4n) is 6.47. The van der Waals surface area contributed by atoms with Crippen molar-refractivity contribution in [3.8, 4) is 0 Å². The molecule has 0 amide bonds. The van der Waals surface area contributed by atoms with Gasteiger partial charge in [-0.3, -0.25) is 9.79 Å². The summed E-state index contributed by atoms with van der Waals surface area (Å²) in [6, 6.07) is 19.2. The van der Waals surface area contributed by atoms with Crippen LogP contribution in [0.4, 0.5) is 0 Å². The van der Waals surface area contributed by atoms with Crippen molar-refractivity contribution in [2.45, 2.75) is 77.0 Å². The Balaban J connectivity index is 1.27. The molecule has 35 heavy (non-hydrogen) atoms. The average molecular weight is 466 g/mol. The Bertz CT molecular complexity index is 1110. The number of allylic oxidation sites excluding steroid dienone is 4. The molecule has 1 aliphatic heterocycles. The number of carbonyl (C=O) groups excluding carboxylic acids is 1. The molecule has 2 nitrogen and oxygen atoms in total. The SMILES string of the molecule is CC1CC=NC(C2CCCC(c3cccc(CC(=O)CCc4ccccc4)c3)C2)=C2C=CCCC21. The van der Waals surface area contributed by atoms with Crippen LogP contribution >= 0.6 is 0 Å². The smallest absolute Gasteiger partial charge is 0.137 e. The molecule has 1 saturated carbocycles. The molecule has 0 bridgehead atoms. The number of aryl methyl sites for hydroxylation is 1. The molecular weight excluding hydrogens is 426 g/mol. The third-order valence-corrected chi connectivity index (χ3v) is 8.45. The van der Waals surface area contributed by atoms with Crippen molar-refractivity contribution in [2.24, 2.45) is 22.7 Å². The van der Waals surface area contributed by atoms with Crippen molar-refractivity contribution in [3.05, 3.63) is 94.7 Å². The van der Waals surface area contributed by atoms with E-state index >= 15 is 0 Å². The number of rotatable bonds is 7. The van der Waals surface area contributed by atoms with Gasteiger partial charge in [0.2, 0.25) is 0 Å². The first kappa shape index (κ1) is 24.0. The summed E-state index contributed by atoms with van der Waals surface area (Å²) in [5.74, 6) is 2.79. The summed E-state index contributed by atoms with van der Waals surface area (Å²) in [5, 5.41) is 0. The lowest BCUT2D eigenvalue weighted by atomic mass is 9.72. The minimum absolute atomic E-state index is 0.330. The van der Waals surface area contributed by atoms with Crippen molar-refractivity contribution in [2.75, 3.05) is 0 Å². The number of Topliss-reactive ketones (excluding diaryl/α,β-unsaturated/α-hetero) is 1. The molecule has 0 spiro atoms. The predicted molar refractivity (Wildman–Crippen MR) is 146 cm³/mol. The van der Waals surface area contributed by atoms with Crippen LogP contribution in [0.15, 0.2) is 83.0 Å². The second-order valence-corrected chi connectivity index (χ2v) is 11.0. The van der Waals surface area contributed by atoms with Gasteiger partial charge in [0.05, 0.1) is 0 Å². The molecule has 2 aromatic rings. The minimum Gasteiger partial charge on any atom is -0.299 e. The van der Waals surface area contributed by atoms with Gasteiger partial charge in [-0.15, -0.1) is 0 Å². The fourth-order valence-corrected chi connectivity index (χ4v) is 6.47. The molecule has 0 N–H and O–H groups in total. The molecule has 2 aliphatic carbocycles. The van der Waals surface area contributed by atoms with Crippen LogP contribution in [-0.4, -0.2) is 12.0 Å². The second kappa shape index (κ2) is 11.3. The molecule has 182 valence electrons. The highest BCUT2D eigenvalue weighted by molar-refractivity contribution is 5.81. The van der Waals surface area contributed by atoms with Gasteiger partial charge in [-0.25, -0.2) is 0 Å². The Labute approximate surface area is 211 Å². The summed E-state index contributed by atoms with van der Waals surface area (Å²) in [7, 11) is 0. The first-order valence-corrected chi connectivity index (χ1v) is 13.7. The molecule has 0 radical (unpaired) electrons. The van der Waals surface area contributed by atoms with E-state index in [1.807, 2.05) is 18.2 Å². The van der Waals surface area contributed by atoms with Gasteiger partial charge in [0.25, 0.3) is 0 Å². The molecule has 5 rings (SSSR count). The Morgan fingerprint density at radius 3 is 2.69 bits per heavy atom. The summed E-state index contributed by atoms with van der Waals surface area (Å²) in [4.78, 5) is 17.8. The van der Waals surface area contributed by atoms with E-state index in [4.69, 9.17) is 4.99 Å². The maximum Gasteiger partial charge on any atom is 0.137 e.